The van der Waals surface area contributed by atoms with Crippen molar-refractivity contribution in [3.63, 3.8) is 0 Å². The van der Waals surface area contributed by atoms with E-state index in [1.165, 1.54) is 55.5 Å². The van der Waals surface area contributed by atoms with Gasteiger partial charge in [-0.05, 0) is 42.8 Å². The van der Waals surface area contributed by atoms with Gasteiger partial charge >= 0.3 is 0 Å². The summed E-state index contributed by atoms with van der Waals surface area (Å²) < 4.78 is 39.8. The zero-order valence-corrected chi connectivity index (χ0v) is 15.6. The first-order chi connectivity index (χ1) is 14.3. The SMILES string of the molecule is Cc1c(F)c(Oc2cccc(C#N)c2)nc(Oc2cccc(C(O)C(N)=O)c2)c1F. The number of primary amides is 1. The molecule has 3 N–H and O–H groups in total. The average Bonchev–Trinajstić information content (AvgIpc) is 2.75. The van der Waals surface area contributed by atoms with Crippen LogP contribution in [0.1, 0.15) is 22.8 Å². The third-order valence-corrected chi connectivity index (χ3v) is 4.07. The third-order valence-electron chi connectivity index (χ3n) is 4.07. The van der Waals surface area contributed by atoms with Crippen LogP contribution in [-0.4, -0.2) is 16.0 Å². The van der Waals surface area contributed by atoms with Gasteiger partial charge in [-0.3, -0.25) is 4.79 Å². The molecule has 0 aliphatic rings. The minimum Gasteiger partial charge on any atom is -0.436 e. The molecule has 0 aliphatic heterocycles. The number of nitrogens with two attached hydrogens (primary N) is 1. The van der Waals surface area contributed by atoms with Crippen molar-refractivity contribution in [1.82, 2.24) is 4.98 Å². The van der Waals surface area contributed by atoms with Gasteiger partial charge in [0.05, 0.1) is 11.6 Å². The van der Waals surface area contributed by atoms with E-state index in [2.05, 4.69) is 4.98 Å². The number of carbonyl (C=O) groups excluding carboxylic acids is 1. The molecule has 9 heteroatoms. The largest absolute Gasteiger partial charge is 0.436 e. The smallest absolute Gasteiger partial charge is 0.259 e. The Morgan fingerprint density at radius 1 is 1.10 bits per heavy atom. The lowest BCUT2D eigenvalue weighted by Gasteiger charge is -2.13. The van der Waals surface area contributed by atoms with Gasteiger partial charge < -0.3 is 20.3 Å². The summed E-state index contributed by atoms with van der Waals surface area (Å²) in [6, 6.07) is 13.4. The van der Waals surface area contributed by atoms with Gasteiger partial charge in [-0.15, -0.1) is 0 Å². The average molecular weight is 411 g/mol. The van der Waals surface area contributed by atoms with Crippen LogP contribution >= 0.6 is 0 Å². The molecule has 1 heterocycles. The second kappa shape index (κ2) is 8.55. The van der Waals surface area contributed by atoms with Gasteiger partial charge in [0.1, 0.15) is 11.5 Å². The summed E-state index contributed by atoms with van der Waals surface area (Å²) in [6.07, 6.45) is -1.58. The number of hydrogen-bond donors (Lipinski definition) is 2. The minimum atomic E-state index is -1.58. The number of aliphatic hydroxyl groups excluding tert-OH is 1. The summed E-state index contributed by atoms with van der Waals surface area (Å²) in [6.45, 7) is 1.19. The van der Waals surface area contributed by atoms with Crippen molar-refractivity contribution in [1.29, 1.82) is 5.26 Å². The first-order valence-corrected chi connectivity index (χ1v) is 8.59. The van der Waals surface area contributed by atoms with E-state index >= 15 is 0 Å². The van der Waals surface area contributed by atoms with Crippen LogP contribution in [0.25, 0.3) is 0 Å². The lowest BCUT2D eigenvalue weighted by Crippen LogP contribution is -2.20. The van der Waals surface area contributed by atoms with Crippen molar-refractivity contribution >= 4 is 5.91 Å². The highest BCUT2D eigenvalue weighted by atomic mass is 19.1. The Hall–Kier alpha value is -4.03. The molecule has 3 aromatic rings. The Kier molecular flexibility index (Phi) is 5.90. The molecular formula is C21H15F2N3O4. The van der Waals surface area contributed by atoms with Gasteiger partial charge in [0.25, 0.3) is 17.7 Å². The van der Waals surface area contributed by atoms with Crippen LogP contribution < -0.4 is 15.2 Å². The lowest BCUT2D eigenvalue weighted by molar-refractivity contribution is -0.126. The number of halogens is 2. The highest BCUT2D eigenvalue weighted by Gasteiger charge is 2.21. The number of carbonyl (C=O) groups is 1. The number of benzene rings is 2. The van der Waals surface area contributed by atoms with Crippen LogP contribution in [-0.2, 0) is 4.79 Å². The number of nitriles is 1. The van der Waals surface area contributed by atoms with Gasteiger partial charge in [0.15, 0.2) is 17.7 Å². The normalized spacial score (nSPS) is 11.4. The number of hydrogen-bond acceptors (Lipinski definition) is 6. The van der Waals surface area contributed by atoms with Crippen molar-refractivity contribution in [3.8, 4) is 29.3 Å². The van der Waals surface area contributed by atoms with Gasteiger partial charge in [0, 0.05) is 5.56 Å². The Morgan fingerprint density at radius 2 is 1.67 bits per heavy atom. The Balaban J connectivity index is 1.95. The molecule has 0 saturated carbocycles. The van der Waals surface area contributed by atoms with Gasteiger partial charge in [-0.2, -0.15) is 10.2 Å². The molecule has 1 atom stereocenters. The van der Waals surface area contributed by atoms with Crippen molar-refractivity contribution in [3.05, 3.63) is 76.9 Å². The maximum atomic E-state index is 14.5. The molecule has 152 valence electrons. The zero-order chi connectivity index (χ0) is 21.8. The monoisotopic (exact) mass is 411 g/mol. The van der Waals surface area contributed by atoms with Crippen molar-refractivity contribution in [2.45, 2.75) is 13.0 Å². The summed E-state index contributed by atoms with van der Waals surface area (Å²) >= 11 is 0. The molecule has 0 aliphatic carbocycles. The zero-order valence-electron chi connectivity index (χ0n) is 15.6. The van der Waals surface area contributed by atoms with Crippen LogP contribution in [0.5, 0.6) is 23.3 Å². The van der Waals surface area contributed by atoms with E-state index in [-0.39, 0.29) is 28.2 Å². The standard InChI is InChI=1S/C21H15F2N3O4/c1-11-16(22)20(29-14-6-2-4-12(8-14)10-24)26-21(17(11)23)30-15-7-3-5-13(9-15)18(27)19(25)28/h2-9,18,27H,1H3,(H2,25,28). The Bertz CT molecular complexity index is 1160. The van der Waals surface area contributed by atoms with Crippen LogP contribution in [0.4, 0.5) is 8.78 Å². The van der Waals surface area contributed by atoms with E-state index in [0.717, 1.165) is 0 Å². The summed E-state index contributed by atoms with van der Waals surface area (Å²) in [7, 11) is 0. The predicted molar refractivity (Wildman–Crippen MR) is 101 cm³/mol. The molecule has 1 amide bonds. The van der Waals surface area contributed by atoms with Crippen molar-refractivity contribution in [2.75, 3.05) is 0 Å². The molecule has 0 saturated heterocycles. The number of rotatable bonds is 6. The summed E-state index contributed by atoms with van der Waals surface area (Å²) in [4.78, 5) is 14.9. The van der Waals surface area contributed by atoms with Gasteiger partial charge in [-0.1, -0.05) is 18.2 Å². The summed E-state index contributed by atoms with van der Waals surface area (Å²) in [5.74, 6) is -4.01. The quantitative estimate of drug-likeness (QED) is 0.639. The maximum Gasteiger partial charge on any atom is 0.259 e. The van der Waals surface area contributed by atoms with E-state index in [1.54, 1.807) is 0 Å². The van der Waals surface area contributed by atoms with Crippen LogP contribution in [0.15, 0.2) is 48.5 Å². The highest BCUT2D eigenvalue weighted by Crippen LogP contribution is 2.33. The molecule has 0 fully saturated rings. The summed E-state index contributed by atoms with van der Waals surface area (Å²) in [5, 5.41) is 18.7. The van der Waals surface area contributed by atoms with E-state index < -0.39 is 35.4 Å². The second-order valence-electron chi connectivity index (χ2n) is 6.20. The maximum absolute atomic E-state index is 14.5. The number of amides is 1. The second-order valence-corrected chi connectivity index (χ2v) is 6.20. The van der Waals surface area contributed by atoms with E-state index in [4.69, 9.17) is 20.5 Å². The topological polar surface area (TPSA) is 118 Å². The highest BCUT2D eigenvalue weighted by molar-refractivity contribution is 5.80. The first-order valence-electron chi connectivity index (χ1n) is 8.59. The molecule has 1 unspecified atom stereocenters. The molecule has 1 aromatic heterocycles. The molecule has 0 bridgehead atoms. The van der Waals surface area contributed by atoms with Crippen LogP contribution in [0, 0.1) is 29.9 Å². The molecule has 2 aromatic carbocycles. The minimum absolute atomic E-state index is 0.0302. The number of ether oxygens (including phenoxy) is 2. The van der Waals surface area contributed by atoms with E-state index in [0.29, 0.717) is 0 Å². The molecule has 3 rings (SSSR count). The third kappa shape index (κ3) is 4.34. The molecule has 30 heavy (non-hydrogen) atoms. The molecule has 7 nitrogen and oxygen atoms in total. The Morgan fingerprint density at radius 3 is 2.23 bits per heavy atom. The van der Waals surface area contributed by atoms with Crippen molar-refractivity contribution in [2.24, 2.45) is 5.73 Å². The molecule has 0 radical (unpaired) electrons. The van der Waals surface area contributed by atoms with Gasteiger partial charge in [0.2, 0.25) is 0 Å². The number of nitrogens with zero attached hydrogens (tertiary/aromatic N) is 2. The van der Waals surface area contributed by atoms with Gasteiger partial charge in [-0.25, -0.2) is 8.78 Å². The Labute approximate surface area is 169 Å². The summed E-state index contributed by atoms with van der Waals surface area (Å²) in [5.41, 5.74) is 5.09. The number of pyridine rings is 1. The lowest BCUT2D eigenvalue weighted by atomic mass is 10.1. The van der Waals surface area contributed by atoms with Crippen LogP contribution in [0.3, 0.4) is 0 Å². The number of aromatic nitrogens is 1. The first kappa shape index (κ1) is 20.7. The van der Waals surface area contributed by atoms with E-state index in [1.807, 2.05) is 6.07 Å². The fraction of sp³-hybridized carbons (Fsp3) is 0.0952. The fourth-order valence-electron chi connectivity index (χ4n) is 2.51. The predicted octanol–water partition coefficient (Wildman–Crippen LogP) is 3.64. The molecule has 0 spiro atoms. The van der Waals surface area contributed by atoms with E-state index in [9.17, 15) is 18.7 Å². The van der Waals surface area contributed by atoms with Crippen LogP contribution in [0.2, 0.25) is 0 Å². The van der Waals surface area contributed by atoms with Crippen molar-refractivity contribution < 1.29 is 28.2 Å². The number of aliphatic hydroxyl groups is 1. The fourth-order valence-corrected chi connectivity index (χ4v) is 2.51. The molecular weight excluding hydrogens is 396 g/mol.